The summed E-state index contributed by atoms with van der Waals surface area (Å²) in [6.45, 7) is 3.72. The first-order valence-corrected chi connectivity index (χ1v) is 12.7. The molecule has 0 aliphatic rings. The van der Waals surface area contributed by atoms with E-state index in [0.717, 1.165) is 44.9 Å². The van der Waals surface area contributed by atoms with E-state index in [-0.39, 0.29) is 18.6 Å². The number of aliphatic hydroxyl groups is 3. The number of hydrogen-bond acceptors (Lipinski definition) is 4. The van der Waals surface area contributed by atoms with Crippen molar-refractivity contribution in [2.75, 3.05) is 6.61 Å². The van der Waals surface area contributed by atoms with E-state index in [9.17, 15) is 20.1 Å². The Morgan fingerprint density at radius 2 is 1.23 bits per heavy atom. The fraction of sp³-hybridized carbons (Fsp3) is 0.885. The molecule has 0 aromatic rings. The summed E-state index contributed by atoms with van der Waals surface area (Å²) < 4.78 is 0. The van der Waals surface area contributed by atoms with E-state index in [1.165, 1.54) is 51.4 Å². The number of rotatable bonds is 22. The molecule has 4 nitrogen and oxygen atoms in total. The highest BCUT2D eigenvalue weighted by atomic mass is 16.4. The molecule has 0 saturated heterocycles. The lowest BCUT2D eigenvalue weighted by Gasteiger charge is -2.30. The average Bonchev–Trinajstić information content (AvgIpc) is 2.75. The molecule has 30 heavy (non-hydrogen) atoms. The van der Waals surface area contributed by atoms with Crippen molar-refractivity contribution in [3.8, 4) is 0 Å². The maximum absolute atomic E-state index is 12.5. The van der Waals surface area contributed by atoms with Gasteiger partial charge in [0.15, 0.2) is 11.4 Å². The van der Waals surface area contributed by atoms with Gasteiger partial charge in [-0.15, -0.1) is 0 Å². The second-order valence-corrected chi connectivity index (χ2v) is 8.84. The fourth-order valence-electron chi connectivity index (χ4n) is 3.86. The monoisotopic (exact) mass is 426 g/mol. The number of hydrogen-bond donors (Lipinski definition) is 3. The number of unbranched alkanes of at least 4 members (excludes halogenated alkanes) is 13. The molecule has 0 aromatic carbocycles. The fourth-order valence-corrected chi connectivity index (χ4v) is 3.86. The smallest absolute Gasteiger partial charge is 0.167 e. The molecule has 0 radical (unpaired) electrons. The normalized spacial score (nSPS) is 14.8. The standard InChI is InChI=1S/C26H50O4/c1-3-5-7-8-9-10-11-12-13-14-15-16-17-18-19-21-24(28)26(30,25(29)23-27)22-20-6-4-2/h12-13,25,27,29-30H,3-11,14-23H2,1-2H3. The van der Waals surface area contributed by atoms with Gasteiger partial charge in [0.2, 0.25) is 0 Å². The zero-order valence-electron chi connectivity index (χ0n) is 19.9. The SMILES string of the molecule is CCCCCCCCC=CCCCCCCCC(=O)C(O)(CCCCC)C(O)CO. The Bertz CT molecular complexity index is 421. The topological polar surface area (TPSA) is 77.8 Å². The van der Waals surface area contributed by atoms with Crippen LogP contribution in [0.15, 0.2) is 12.2 Å². The summed E-state index contributed by atoms with van der Waals surface area (Å²) in [5.41, 5.74) is -1.79. The van der Waals surface area contributed by atoms with Crippen molar-refractivity contribution >= 4 is 5.78 Å². The largest absolute Gasteiger partial charge is 0.394 e. The Morgan fingerprint density at radius 3 is 1.77 bits per heavy atom. The van der Waals surface area contributed by atoms with Gasteiger partial charge in [-0.1, -0.05) is 96.6 Å². The van der Waals surface area contributed by atoms with Gasteiger partial charge in [-0.25, -0.2) is 0 Å². The van der Waals surface area contributed by atoms with Gasteiger partial charge in [0.05, 0.1) is 6.61 Å². The van der Waals surface area contributed by atoms with Crippen molar-refractivity contribution in [1.82, 2.24) is 0 Å². The molecule has 4 heteroatoms. The summed E-state index contributed by atoms with van der Waals surface area (Å²) in [6.07, 6.45) is 21.9. The van der Waals surface area contributed by atoms with Gasteiger partial charge in [-0.3, -0.25) is 4.79 Å². The van der Waals surface area contributed by atoms with E-state index < -0.39 is 18.3 Å². The third-order valence-electron chi connectivity index (χ3n) is 6.03. The third kappa shape index (κ3) is 14.3. The van der Waals surface area contributed by atoms with Crippen LogP contribution in [0.3, 0.4) is 0 Å². The van der Waals surface area contributed by atoms with Crippen molar-refractivity contribution in [3.05, 3.63) is 12.2 Å². The number of Topliss-reactive ketones (excluding diaryl/α,β-unsaturated/α-hetero) is 1. The zero-order chi connectivity index (χ0) is 22.5. The van der Waals surface area contributed by atoms with Crippen molar-refractivity contribution in [3.63, 3.8) is 0 Å². The zero-order valence-corrected chi connectivity index (χ0v) is 19.9. The quantitative estimate of drug-likeness (QED) is 0.141. The number of carbonyl (C=O) groups is 1. The molecule has 0 aliphatic carbocycles. The Balaban J connectivity index is 3.78. The van der Waals surface area contributed by atoms with Crippen LogP contribution in [0.4, 0.5) is 0 Å². The molecule has 0 spiro atoms. The molecule has 3 N–H and O–H groups in total. The second kappa shape index (κ2) is 20.2. The summed E-state index contributed by atoms with van der Waals surface area (Å²) >= 11 is 0. The minimum Gasteiger partial charge on any atom is -0.394 e. The Kier molecular flexibility index (Phi) is 19.7. The highest BCUT2D eigenvalue weighted by molar-refractivity contribution is 5.87. The molecule has 2 atom stereocenters. The highest BCUT2D eigenvalue weighted by Crippen LogP contribution is 2.24. The van der Waals surface area contributed by atoms with Gasteiger partial charge in [-0.05, 0) is 38.5 Å². The predicted molar refractivity (Wildman–Crippen MR) is 127 cm³/mol. The van der Waals surface area contributed by atoms with Crippen molar-refractivity contribution in [2.24, 2.45) is 0 Å². The van der Waals surface area contributed by atoms with Crippen LogP contribution in [0.25, 0.3) is 0 Å². The van der Waals surface area contributed by atoms with Gasteiger partial charge in [0.1, 0.15) is 6.10 Å². The lowest BCUT2D eigenvalue weighted by Crippen LogP contribution is -2.51. The first-order chi connectivity index (χ1) is 14.5. The first-order valence-electron chi connectivity index (χ1n) is 12.7. The van der Waals surface area contributed by atoms with Gasteiger partial charge in [0.25, 0.3) is 0 Å². The lowest BCUT2D eigenvalue weighted by atomic mass is 9.84. The minimum absolute atomic E-state index is 0.229. The van der Waals surface area contributed by atoms with Gasteiger partial charge >= 0.3 is 0 Å². The van der Waals surface area contributed by atoms with E-state index in [1.54, 1.807) is 0 Å². The molecule has 0 saturated carbocycles. The van der Waals surface area contributed by atoms with Crippen LogP contribution in [-0.2, 0) is 4.79 Å². The molecule has 178 valence electrons. The van der Waals surface area contributed by atoms with Crippen LogP contribution in [0, 0.1) is 0 Å². The molecule has 0 fully saturated rings. The summed E-state index contributed by atoms with van der Waals surface area (Å²) in [4.78, 5) is 12.5. The number of allylic oxidation sites excluding steroid dienone is 2. The van der Waals surface area contributed by atoms with Crippen LogP contribution in [-0.4, -0.2) is 39.4 Å². The summed E-state index contributed by atoms with van der Waals surface area (Å²) in [7, 11) is 0. The minimum atomic E-state index is -1.79. The second-order valence-electron chi connectivity index (χ2n) is 8.84. The third-order valence-corrected chi connectivity index (χ3v) is 6.03. The van der Waals surface area contributed by atoms with Crippen LogP contribution < -0.4 is 0 Å². The molecule has 0 bridgehead atoms. The molecule has 0 heterocycles. The summed E-state index contributed by atoms with van der Waals surface area (Å²) in [6, 6.07) is 0. The molecular weight excluding hydrogens is 376 g/mol. The van der Waals surface area contributed by atoms with E-state index in [1.807, 2.05) is 0 Å². The summed E-state index contributed by atoms with van der Waals surface area (Å²) in [5.74, 6) is -0.321. The maximum atomic E-state index is 12.5. The van der Waals surface area contributed by atoms with Gasteiger partial charge < -0.3 is 15.3 Å². The van der Waals surface area contributed by atoms with E-state index in [0.29, 0.717) is 6.42 Å². The van der Waals surface area contributed by atoms with Crippen molar-refractivity contribution < 1.29 is 20.1 Å². The predicted octanol–water partition coefficient (Wildman–Crippen LogP) is 6.26. The molecule has 0 aliphatic heterocycles. The Labute approximate surface area is 186 Å². The molecule has 2 unspecified atom stereocenters. The number of aliphatic hydroxyl groups excluding tert-OH is 2. The van der Waals surface area contributed by atoms with Crippen LogP contribution in [0.2, 0.25) is 0 Å². The lowest BCUT2D eigenvalue weighted by molar-refractivity contribution is -0.156. The average molecular weight is 427 g/mol. The number of ketones is 1. The first kappa shape index (κ1) is 29.3. The molecule has 0 rings (SSSR count). The van der Waals surface area contributed by atoms with Crippen LogP contribution in [0.5, 0.6) is 0 Å². The Hall–Kier alpha value is -0.710. The molecular formula is C26H50O4. The summed E-state index contributed by atoms with van der Waals surface area (Å²) in [5, 5.41) is 29.8. The highest BCUT2D eigenvalue weighted by Gasteiger charge is 2.41. The van der Waals surface area contributed by atoms with Gasteiger partial charge in [0, 0.05) is 6.42 Å². The van der Waals surface area contributed by atoms with Gasteiger partial charge in [-0.2, -0.15) is 0 Å². The molecule has 0 amide bonds. The van der Waals surface area contributed by atoms with Crippen LogP contribution >= 0.6 is 0 Å². The van der Waals surface area contributed by atoms with E-state index in [2.05, 4.69) is 26.0 Å². The van der Waals surface area contributed by atoms with Crippen molar-refractivity contribution in [1.29, 1.82) is 0 Å². The molecule has 0 aromatic heterocycles. The Morgan fingerprint density at radius 1 is 0.767 bits per heavy atom. The van der Waals surface area contributed by atoms with E-state index >= 15 is 0 Å². The van der Waals surface area contributed by atoms with Crippen molar-refractivity contribution in [2.45, 2.75) is 141 Å². The van der Waals surface area contributed by atoms with E-state index in [4.69, 9.17) is 0 Å². The van der Waals surface area contributed by atoms with Crippen LogP contribution in [0.1, 0.15) is 129 Å². The maximum Gasteiger partial charge on any atom is 0.167 e. The number of carbonyl (C=O) groups excluding carboxylic acids is 1.